The molecule has 1 aliphatic heterocycles. The fourth-order valence-electron chi connectivity index (χ4n) is 4.27. The molecule has 1 unspecified atom stereocenters. The van der Waals surface area contributed by atoms with Crippen LogP contribution in [0.4, 0.5) is 11.4 Å². The predicted molar refractivity (Wildman–Crippen MR) is 129 cm³/mol. The van der Waals surface area contributed by atoms with Gasteiger partial charge in [0.2, 0.25) is 11.8 Å². The summed E-state index contributed by atoms with van der Waals surface area (Å²) in [6.07, 6.45) is 0.0960. The number of hydrogen-bond donors (Lipinski definition) is 1. The van der Waals surface area contributed by atoms with Gasteiger partial charge in [-0.3, -0.25) is 19.1 Å². The molecule has 1 fully saturated rings. The highest BCUT2D eigenvalue weighted by atomic mass is 32.1. The van der Waals surface area contributed by atoms with E-state index in [1.807, 2.05) is 55.5 Å². The summed E-state index contributed by atoms with van der Waals surface area (Å²) in [7, 11) is 1.77. The molecule has 5 rings (SSSR count). The van der Waals surface area contributed by atoms with Gasteiger partial charge in [0.25, 0.3) is 5.56 Å². The van der Waals surface area contributed by atoms with Crippen LogP contribution in [0.25, 0.3) is 15.9 Å². The number of benzene rings is 2. The van der Waals surface area contributed by atoms with Gasteiger partial charge in [-0.15, -0.1) is 11.3 Å². The molecule has 1 saturated heterocycles. The largest absolute Gasteiger partial charge is 0.320 e. The normalized spacial score (nSPS) is 16.0. The van der Waals surface area contributed by atoms with Gasteiger partial charge in [-0.1, -0.05) is 18.2 Å². The quantitative estimate of drug-likeness (QED) is 0.505. The highest BCUT2D eigenvalue weighted by molar-refractivity contribution is 7.18. The molecule has 2 amide bonds. The van der Waals surface area contributed by atoms with Crippen LogP contribution in [0, 0.1) is 19.8 Å². The maximum atomic E-state index is 13.1. The first-order valence-electron chi connectivity index (χ1n) is 10.7. The maximum Gasteiger partial charge on any atom is 0.295 e. The minimum absolute atomic E-state index is 0.0960. The number of anilines is 2. The number of rotatable bonds is 4. The number of hydrogen-bond acceptors (Lipinski definition) is 5. The first-order chi connectivity index (χ1) is 15.8. The van der Waals surface area contributed by atoms with E-state index in [-0.39, 0.29) is 36.0 Å². The second kappa shape index (κ2) is 8.00. The number of aromatic nitrogens is 3. The van der Waals surface area contributed by atoms with E-state index in [9.17, 15) is 14.4 Å². The third kappa shape index (κ3) is 3.64. The van der Waals surface area contributed by atoms with Crippen molar-refractivity contribution in [1.29, 1.82) is 0 Å². The number of thiazole rings is 1. The maximum absolute atomic E-state index is 13.1. The molecule has 0 radical (unpaired) electrons. The molecule has 168 valence electrons. The van der Waals surface area contributed by atoms with Crippen LogP contribution in [-0.4, -0.2) is 32.7 Å². The van der Waals surface area contributed by atoms with E-state index in [1.54, 1.807) is 34.9 Å². The molecule has 0 saturated carbocycles. The van der Waals surface area contributed by atoms with Gasteiger partial charge in [0, 0.05) is 25.7 Å². The standard InChI is InChI=1S/C24H23N5O3S/c1-14-22(24(32)29(27(14)3)17-7-5-4-6-8-17)26-23(31)16-11-21(30)28(13-16)18-9-10-20-19(12-18)25-15(2)33-20/h4-10,12,16H,11,13H2,1-3H3,(H,26,31). The first-order valence-corrected chi connectivity index (χ1v) is 11.5. The molecule has 2 aromatic heterocycles. The van der Waals surface area contributed by atoms with Gasteiger partial charge in [0.05, 0.1) is 32.5 Å². The molecule has 1 atom stereocenters. The molecule has 0 bridgehead atoms. The molecule has 8 nitrogen and oxygen atoms in total. The number of para-hydroxylation sites is 1. The zero-order valence-corrected chi connectivity index (χ0v) is 19.3. The number of nitrogens with one attached hydrogen (secondary N) is 1. The van der Waals surface area contributed by atoms with Crippen molar-refractivity contribution in [2.45, 2.75) is 20.3 Å². The van der Waals surface area contributed by atoms with Crippen molar-refractivity contribution in [3.8, 4) is 5.69 Å². The minimum atomic E-state index is -0.547. The third-order valence-electron chi connectivity index (χ3n) is 6.09. The highest BCUT2D eigenvalue weighted by Gasteiger charge is 2.36. The van der Waals surface area contributed by atoms with Crippen molar-refractivity contribution in [3.05, 3.63) is 69.6 Å². The van der Waals surface area contributed by atoms with Crippen molar-refractivity contribution >= 4 is 44.7 Å². The lowest BCUT2D eigenvalue weighted by Gasteiger charge is -2.16. The summed E-state index contributed by atoms with van der Waals surface area (Å²) in [4.78, 5) is 45.0. The molecule has 1 aliphatic rings. The Morgan fingerprint density at radius 3 is 2.61 bits per heavy atom. The van der Waals surface area contributed by atoms with Crippen LogP contribution < -0.4 is 15.8 Å². The molecule has 33 heavy (non-hydrogen) atoms. The second-order valence-electron chi connectivity index (χ2n) is 8.22. The van der Waals surface area contributed by atoms with Crippen LogP contribution in [0.3, 0.4) is 0 Å². The number of fused-ring (bicyclic) bond motifs is 1. The Bertz CT molecular complexity index is 1450. The highest BCUT2D eigenvalue weighted by Crippen LogP contribution is 2.30. The average Bonchev–Trinajstić information content (AvgIpc) is 3.43. The minimum Gasteiger partial charge on any atom is -0.320 e. The van der Waals surface area contributed by atoms with E-state index in [4.69, 9.17) is 0 Å². The number of nitrogens with zero attached hydrogens (tertiary/aromatic N) is 4. The monoisotopic (exact) mass is 461 g/mol. The van der Waals surface area contributed by atoms with Gasteiger partial charge >= 0.3 is 0 Å². The zero-order valence-electron chi connectivity index (χ0n) is 18.5. The van der Waals surface area contributed by atoms with Gasteiger partial charge in [0.1, 0.15) is 5.69 Å². The number of carbonyl (C=O) groups is 2. The van der Waals surface area contributed by atoms with Crippen LogP contribution in [0.1, 0.15) is 17.1 Å². The zero-order chi connectivity index (χ0) is 23.3. The molecule has 3 heterocycles. The fraction of sp³-hybridized carbons (Fsp3) is 0.250. The van der Waals surface area contributed by atoms with Crippen LogP contribution in [0.2, 0.25) is 0 Å². The Morgan fingerprint density at radius 2 is 1.85 bits per heavy atom. The molecule has 4 aromatic rings. The lowest BCUT2D eigenvalue weighted by Crippen LogP contribution is -2.29. The second-order valence-corrected chi connectivity index (χ2v) is 9.45. The molecule has 0 aliphatic carbocycles. The number of carbonyl (C=O) groups excluding carboxylic acids is 2. The Kier molecular flexibility index (Phi) is 5.13. The van der Waals surface area contributed by atoms with Gasteiger partial charge < -0.3 is 10.2 Å². The van der Waals surface area contributed by atoms with Crippen molar-refractivity contribution < 1.29 is 9.59 Å². The molecular weight excluding hydrogens is 438 g/mol. The first kappa shape index (κ1) is 21.1. The fourth-order valence-corrected chi connectivity index (χ4v) is 5.08. The topological polar surface area (TPSA) is 89.2 Å². The van der Waals surface area contributed by atoms with Crippen molar-refractivity contribution in [2.75, 3.05) is 16.8 Å². The van der Waals surface area contributed by atoms with Crippen LogP contribution in [0.15, 0.2) is 53.3 Å². The Hall–Kier alpha value is -3.72. The lowest BCUT2D eigenvalue weighted by atomic mass is 10.1. The van der Waals surface area contributed by atoms with E-state index in [1.165, 1.54) is 4.68 Å². The van der Waals surface area contributed by atoms with E-state index in [2.05, 4.69) is 10.3 Å². The summed E-state index contributed by atoms with van der Waals surface area (Å²) in [5.74, 6) is -0.995. The van der Waals surface area contributed by atoms with Gasteiger partial charge in [-0.2, -0.15) is 0 Å². The Labute approximate surface area is 194 Å². The smallest absolute Gasteiger partial charge is 0.295 e. The summed E-state index contributed by atoms with van der Waals surface area (Å²) in [5.41, 5.74) is 2.86. The van der Waals surface area contributed by atoms with Crippen LogP contribution in [-0.2, 0) is 16.6 Å². The van der Waals surface area contributed by atoms with E-state index >= 15 is 0 Å². The van der Waals surface area contributed by atoms with Gasteiger partial charge in [0.15, 0.2) is 0 Å². The molecule has 9 heteroatoms. The Balaban J connectivity index is 1.38. The van der Waals surface area contributed by atoms with Gasteiger partial charge in [-0.05, 0) is 44.2 Å². The SMILES string of the molecule is Cc1nc2cc(N3CC(C(=O)Nc4c(C)n(C)n(-c5ccccc5)c4=O)CC3=O)ccc2s1. The summed E-state index contributed by atoms with van der Waals surface area (Å²) >= 11 is 1.60. The average molecular weight is 462 g/mol. The third-order valence-corrected chi connectivity index (χ3v) is 7.04. The lowest BCUT2D eigenvalue weighted by molar-refractivity contribution is -0.122. The molecular formula is C24H23N5O3S. The van der Waals surface area contributed by atoms with E-state index < -0.39 is 5.92 Å². The van der Waals surface area contributed by atoms with Crippen LogP contribution >= 0.6 is 11.3 Å². The summed E-state index contributed by atoms with van der Waals surface area (Å²) in [5, 5.41) is 3.76. The van der Waals surface area contributed by atoms with Crippen LogP contribution in [0.5, 0.6) is 0 Å². The predicted octanol–water partition coefficient (Wildman–Crippen LogP) is 3.39. The summed E-state index contributed by atoms with van der Waals surface area (Å²) in [6, 6.07) is 15.0. The van der Waals surface area contributed by atoms with E-state index in [0.717, 1.165) is 20.9 Å². The summed E-state index contributed by atoms with van der Waals surface area (Å²) < 4.78 is 4.29. The Morgan fingerprint density at radius 1 is 1.09 bits per heavy atom. The van der Waals surface area contributed by atoms with E-state index in [0.29, 0.717) is 11.4 Å². The number of aryl methyl sites for hydroxylation is 1. The van der Waals surface area contributed by atoms with Gasteiger partial charge in [-0.25, -0.2) is 9.67 Å². The molecule has 2 aromatic carbocycles. The summed E-state index contributed by atoms with van der Waals surface area (Å²) in [6.45, 7) is 3.99. The van der Waals surface area contributed by atoms with Crippen molar-refractivity contribution in [2.24, 2.45) is 13.0 Å². The van der Waals surface area contributed by atoms with Crippen molar-refractivity contribution in [1.82, 2.24) is 14.3 Å². The van der Waals surface area contributed by atoms with Crippen molar-refractivity contribution in [3.63, 3.8) is 0 Å². The number of amides is 2. The molecule has 1 N–H and O–H groups in total. The molecule has 0 spiro atoms.